The van der Waals surface area contributed by atoms with Crippen LogP contribution in [0.2, 0.25) is 0 Å². The number of ether oxygens (including phenoxy) is 1. The number of halogens is 1. The number of esters is 1. The molecule has 6 heteroatoms. The van der Waals surface area contributed by atoms with E-state index in [9.17, 15) is 9.18 Å². The van der Waals surface area contributed by atoms with Gasteiger partial charge in [-0.2, -0.15) is 0 Å². The van der Waals surface area contributed by atoms with Gasteiger partial charge < -0.3 is 4.74 Å². The van der Waals surface area contributed by atoms with Gasteiger partial charge in [0.2, 0.25) is 0 Å². The van der Waals surface area contributed by atoms with Crippen LogP contribution in [0.3, 0.4) is 0 Å². The van der Waals surface area contributed by atoms with Gasteiger partial charge in [-0.15, -0.1) is 0 Å². The molecule has 1 aromatic heterocycles. The summed E-state index contributed by atoms with van der Waals surface area (Å²) < 4.78 is 17.8. The number of rotatable bonds is 5. The second-order valence-corrected chi connectivity index (χ2v) is 6.10. The van der Waals surface area contributed by atoms with Crippen LogP contribution in [-0.4, -0.2) is 28.8 Å². The SMILES string of the molecule is COC(=O)CSc1nc2ccccc2nc1Cc1ccc(F)cc1. The van der Waals surface area contributed by atoms with Crippen LogP contribution < -0.4 is 0 Å². The van der Waals surface area contributed by atoms with Crippen LogP contribution in [0.4, 0.5) is 4.39 Å². The molecule has 0 aliphatic carbocycles. The van der Waals surface area contributed by atoms with E-state index in [0.29, 0.717) is 11.4 Å². The first-order chi connectivity index (χ1) is 11.7. The van der Waals surface area contributed by atoms with Crippen LogP contribution in [0.25, 0.3) is 11.0 Å². The molecule has 0 bridgehead atoms. The van der Waals surface area contributed by atoms with E-state index < -0.39 is 0 Å². The molecule has 2 aromatic carbocycles. The highest BCUT2D eigenvalue weighted by atomic mass is 32.2. The summed E-state index contributed by atoms with van der Waals surface area (Å²) in [6.07, 6.45) is 0.515. The second-order valence-electron chi connectivity index (χ2n) is 5.13. The van der Waals surface area contributed by atoms with E-state index in [1.54, 1.807) is 12.1 Å². The van der Waals surface area contributed by atoms with Crippen molar-refractivity contribution in [2.75, 3.05) is 12.9 Å². The van der Waals surface area contributed by atoms with E-state index in [1.807, 2.05) is 24.3 Å². The smallest absolute Gasteiger partial charge is 0.316 e. The molecule has 0 saturated carbocycles. The number of carbonyl (C=O) groups excluding carboxylic acids is 1. The number of carbonyl (C=O) groups is 1. The molecule has 3 aromatic rings. The first-order valence-corrected chi connectivity index (χ1v) is 8.34. The van der Waals surface area contributed by atoms with Crippen molar-refractivity contribution in [1.29, 1.82) is 0 Å². The maximum Gasteiger partial charge on any atom is 0.316 e. The van der Waals surface area contributed by atoms with Crippen molar-refractivity contribution < 1.29 is 13.9 Å². The van der Waals surface area contributed by atoms with Crippen LogP contribution in [0.5, 0.6) is 0 Å². The Labute approximate surface area is 143 Å². The van der Waals surface area contributed by atoms with E-state index in [1.165, 1.54) is 31.0 Å². The second kappa shape index (κ2) is 7.40. The average molecular weight is 342 g/mol. The standard InChI is InChI=1S/C18H15FN2O2S/c1-23-17(22)11-24-18-16(10-12-6-8-13(19)9-7-12)20-14-4-2-3-5-15(14)21-18/h2-9H,10-11H2,1H3. The molecular formula is C18H15FN2O2S. The predicted octanol–water partition coefficient (Wildman–Crippen LogP) is 3.62. The molecule has 0 spiro atoms. The van der Waals surface area contributed by atoms with Gasteiger partial charge in [0.15, 0.2) is 0 Å². The van der Waals surface area contributed by atoms with Crippen LogP contribution >= 0.6 is 11.8 Å². The molecule has 0 aliphatic rings. The molecule has 0 radical (unpaired) electrons. The molecule has 0 saturated heterocycles. The molecule has 0 fully saturated rings. The van der Waals surface area contributed by atoms with Crippen LogP contribution in [0.1, 0.15) is 11.3 Å². The van der Waals surface area contributed by atoms with Crippen LogP contribution in [-0.2, 0) is 16.0 Å². The first kappa shape index (κ1) is 16.4. The molecule has 24 heavy (non-hydrogen) atoms. The largest absolute Gasteiger partial charge is 0.468 e. The summed E-state index contributed by atoms with van der Waals surface area (Å²) in [5.74, 6) is -0.425. The van der Waals surface area contributed by atoms with Crippen molar-refractivity contribution in [3.63, 3.8) is 0 Å². The summed E-state index contributed by atoms with van der Waals surface area (Å²) in [7, 11) is 1.36. The van der Waals surface area contributed by atoms with Gasteiger partial charge in [0.05, 0.1) is 29.6 Å². The number of methoxy groups -OCH3 is 1. The van der Waals surface area contributed by atoms with Crippen LogP contribution in [0, 0.1) is 5.82 Å². The Morgan fingerprint density at radius 3 is 2.42 bits per heavy atom. The molecule has 0 amide bonds. The van der Waals surface area contributed by atoms with Crippen molar-refractivity contribution in [2.24, 2.45) is 0 Å². The normalized spacial score (nSPS) is 10.8. The fourth-order valence-corrected chi connectivity index (χ4v) is 3.05. The highest BCUT2D eigenvalue weighted by Crippen LogP contribution is 2.24. The molecule has 122 valence electrons. The topological polar surface area (TPSA) is 52.1 Å². The van der Waals surface area contributed by atoms with E-state index in [2.05, 4.69) is 14.7 Å². The Bertz CT molecular complexity index is 869. The van der Waals surface area contributed by atoms with Crippen molar-refractivity contribution in [1.82, 2.24) is 9.97 Å². The number of benzene rings is 2. The number of hydrogen-bond acceptors (Lipinski definition) is 5. The van der Waals surface area contributed by atoms with Crippen LogP contribution in [0.15, 0.2) is 53.6 Å². The highest BCUT2D eigenvalue weighted by molar-refractivity contribution is 7.99. The Balaban J connectivity index is 1.95. The minimum Gasteiger partial charge on any atom is -0.468 e. The van der Waals surface area contributed by atoms with Gasteiger partial charge in [-0.05, 0) is 29.8 Å². The monoisotopic (exact) mass is 342 g/mol. The Morgan fingerprint density at radius 2 is 1.75 bits per heavy atom. The zero-order valence-electron chi connectivity index (χ0n) is 13.0. The zero-order chi connectivity index (χ0) is 16.9. The molecule has 1 heterocycles. The first-order valence-electron chi connectivity index (χ1n) is 7.35. The van der Waals surface area contributed by atoms with Gasteiger partial charge in [0.1, 0.15) is 10.8 Å². The van der Waals surface area contributed by atoms with Gasteiger partial charge in [-0.1, -0.05) is 36.0 Å². The molecule has 0 unspecified atom stereocenters. The summed E-state index contributed by atoms with van der Waals surface area (Å²) >= 11 is 1.29. The molecular weight excluding hydrogens is 327 g/mol. The van der Waals surface area contributed by atoms with E-state index in [-0.39, 0.29) is 17.5 Å². The number of thioether (sulfide) groups is 1. The minimum absolute atomic E-state index is 0.167. The average Bonchev–Trinajstić information content (AvgIpc) is 2.61. The molecule has 0 N–H and O–H groups in total. The van der Waals surface area contributed by atoms with Crippen molar-refractivity contribution in [3.05, 3.63) is 65.6 Å². The van der Waals surface area contributed by atoms with Crippen molar-refractivity contribution >= 4 is 28.8 Å². The van der Waals surface area contributed by atoms with Gasteiger partial charge >= 0.3 is 5.97 Å². The number of nitrogens with zero attached hydrogens (tertiary/aromatic N) is 2. The third-order valence-corrected chi connectivity index (χ3v) is 4.43. The molecule has 0 atom stereocenters. The summed E-state index contributed by atoms with van der Waals surface area (Å²) in [5, 5.41) is 0.684. The number of fused-ring (bicyclic) bond motifs is 1. The number of hydrogen-bond donors (Lipinski definition) is 0. The molecule has 4 nitrogen and oxygen atoms in total. The fourth-order valence-electron chi connectivity index (χ4n) is 2.23. The Kier molecular flexibility index (Phi) is 5.05. The molecule has 0 aliphatic heterocycles. The predicted molar refractivity (Wildman–Crippen MR) is 91.5 cm³/mol. The quantitative estimate of drug-likeness (QED) is 0.523. The lowest BCUT2D eigenvalue weighted by Crippen LogP contribution is -2.05. The third-order valence-electron chi connectivity index (χ3n) is 3.45. The number of aromatic nitrogens is 2. The lowest BCUT2D eigenvalue weighted by Gasteiger charge is -2.09. The highest BCUT2D eigenvalue weighted by Gasteiger charge is 2.12. The third kappa shape index (κ3) is 3.89. The Morgan fingerprint density at radius 1 is 1.08 bits per heavy atom. The number of para-hydroxylation sites is 2. The summed E-state index contributed by atoms with van der Waals surface area (Å²) in [6, 6.07) is 13.9. The lowest BCUT2D eigenvalue weighted by molar-refractivity contribution is -0.137. The summed E-state index contributed by atoms with van der Waals surface area (Å²) in [4.78, 5) is 20.7. The van der Waals surface area contributed by atoms with Crippen molar-refractivity contribution in [2.45, 2.75) is 11.4 Å². The zero-order valence-corrected chi connectivity index (χ0v) is 13.8. The minimum atomic E-state index is -0.317. The van der Waals surface area contributed by atoms with E-state index >= 15 is 0 Å². The fraction of sp³-hybridized carbons (Fsp3) is 0.167. The maximum absolute atomic E-state index is 13.1. The van der Waals surface area contributed by atoms with Gasteiger partial charge in [0.25, 0.3) is 0 Å². The van der Waals surface area contributed by atoms with Crippen molar-refractivity contribution in [3.8, 4) is 0 Å². The van der Waals surface area contributed by atoms with Gasteiger partial charge in [0, 0.05) is 6.42 Å². The van der Waals surface area contributed by atoms with Gasteiger partial charge in [-0.25, -0.2) is 14.4 Å². The Hall–Kier alpha value is -2.47. The van der Waals surface area contributed by atoms with E-state index in [4.69, 9.17) is 0 Å². The lowest BCUT2D eigenvalue weighted by atomic mass is 10.1. The van der Waals surface area contributed by atoms with E-state index in [0.717, 1.165) is 22.3 Å². The van der Waals surface area contributed by atoms with Gasteiger partial charge in [-0.3, -0.25) is 4.79 Å². The molecule has 3 rings (SSSR count). The summed E-state index contributed by atoms with van der Waals surface area (Å²) in [5.41, 5.74) is 3.25. The maximum atomic E-state index is 13.1. The summed E-state index contributed by atoms with van der Waals surface area (Å²) in [6.45, 7) is 0.